The van der Waals surface area contributed by atoms with Crippen molar-refractivity contribution in [2.24, 2.45) is 0 Å². The monoisotopic (exact) mass is 372 g/mol. The minimum absolute atomic E-state index is 0.0239. The van der Waals surface area contributed by atoms with Crippen molar-refractivity contribution >= 4 is 31.6 Å². The first kappa shape index (κ1) is 16.0. The lowest BCUT2D eigenvalue weighted by molar-refractivity contribution is 0.597. The summed E-state index contributed by atoms with van der Waals surface area (Å²) >= 11 is 3.25. The van der Waals surface area contributed by atoms with Gasteiger partial charge in [-0.15, -0.1) is 0 Å². The Kier molecular flexibility index (Phi) is 4.67. The third-order valence-electron chi connectivity index (χ3n) is 2.99. The average Bonchev–Trinajstić information content (AvgIpc) is 2.76. The molecule has 0 atom stereocenters. The molecule has 2 aromatic heterocycles. The molecule has 0 radical (unpaired) electrons. The molecular weight excluding hydrogens is 356 g/mol. The molecule has 0 aromatic carbocycles. The van der Waals surface area contributed by atoms with Crippen LogP contribution in [-0.4, -0.2) is 23.0 Å². The number of nitrogens with zero attached hydrogens (tertiary/aromatic N) is 3. The van der Waals surface area contributed by atoms with Crippen LogP contribution in [0.2, 0.25) is 0 Å². The van der Waals surface area contributed by atoms with Gasteiger partial charge < -0.3 is 4.57 Å². The molecule has 2 aromatic rings. The number of aryl methyl sites for hydroxylation is 3. The van der Waals surface area contributed by atoms with Crippen molar-refractivity contribution < 1.29 is 8.42 Å². The lowest BCUT2D eigenvalue weighted by atomic mass is 10.3. The van der Waals surface area contributed by atoms with E-state index >= 15 is 0 Å². The second-order valence-corrected chi connectivity index (χ2v) is 7.13. The molecule has 8 heteroatoms. The topological polar surface area (TPSA) is 76.9 Å². The molecule has 0 aliphatic rings. The van der Waals surface area contributed by atoms with E-state index in [1.165, 1.54) is 0 Å². The summed E-state index contributed by atoms with van der Waals surface area (Å²) in [5.41, 5.74) is 1.04. The number of nitrogens with one attached hydrogen (secondary N) is 1. The Labute approximate surface area is 132 Å². The molecule has 0 spiro atoms. The van der Waals surface area contributed by atoms with Gasteiger partial charge in [-0.1, -0.05) is 6.92 Å². The Morgan fingerprint density at radius 3 is 2.62 bits per heavy atom. The number of aromatic nitrogens is 3. The Morgan fingerprint density at radius 1 is 1.29 bits per heavy atom. The maximum absolute atomic E-state index is 12.4. The summed E-state index contributed by atoms with van der Waals surface area (Å²) in [6.07, 6.45) is 2.47. The van der Waals surface area contributed by atoms with E-state index in [1.54, 1.807) is 32.2 Å². The molecule has 0 fully saturated rings. The number of hydrogen-bond donors (Lipinski definition) is 1. The molecule has 114 valence electrons. The van der Waals surface area contributed by atoms with Gasteiger partial charge in [0.25, 0.3) is 10.0 Å². The van der Waals surface area contributed by atoms with Crippen LogP contribution in [0.25, 0.3) is 0 Å². The van der Waals surface area contributed by atoms with Gasteiger partial charge in [0.05, 0.1) is 11.4 Å². The molecule has 0 amide bonds. The van der Waals surface area contributed by atoms with Crippen molar-refractivity contribution in [1.82, 2.24) is 14.5 Å². The van der Waals surface area contributed by atoms with Crippen molar-refractivity contribution in [2.75, 3.05) is 4.72 Å². The van der Waals surface area contributed by atoms with Crippen LogP contribution in [0.5, 0.6) is 0 Å². The summed E-state index contributed by atoms with van der Waals surface area (Å²) in [5, 5.41) is 0.0239. The number of imidazole rings is 1. The van der Waals surface area contributed by atoms with Crippen LogP contribution in [0.1, 0.15) is 24.9 Å². The van der Waals surface area contributed by atoms with Gasteiger partial charge in [0, 0.05) is 12.7 Å². The molecule has 0 bridgehead atoms. The van der Waals surface area contributed by atoms with E-state index in [2.05, 4.69) is 30.6 Å². The van der Waals surface area contributed by atoms with E-state index in [-0.39, 0.29) is 5.03 Å². The van der Waals surface area contributed by atoms with Crippen LogP contribution in [0.4, 0.5) is 5.69 Å². The maximum Gasteiger partial charge on any atom is 0.281 e. The van der Waals surface area contributed by atoms with E-state index in [0.29, 0.717) is 21.8 Å². The molecule has 0 saturated heterocycles. The standard InChI is InChI=1S/C13H17BrN4O2S/c1-4-7-18-8-13(16-10(18)3)21(19,20)17-11-5-6-12(14)15-9(11)2/h5-6,8,17H,4,7H2,1-3H3. The second-order valence-electron chi connectivity index (χ2n) is 4.69. The van der Waals surface area contributed by atoms with Crippen molar-refractivity contribution in [3.63, 3.8) is 0 Å². The fraction of sp³-hybridized carbons (Fsp3) is 0.385. The fourth-order valence-corrected chi connectivity index (χ4v) is 3.44. The number of sulfonamides is 1. The number of rotatable bonds is 5. The van der Waals surface area contributed by atoms with Crippen LogP contribution in [0, 0.1) is 13.8 Å². The highest BCUT2D eigenvalue weighted by molar-refractivity contribution is 9.10. The highest BCUT2D eigenvalue weighted by atomic mass is 79.9. The van der Waals surface area contributed by atoms with Gasteiger partial charge in [-0.25, -0.2) is 9.97 Å². The summed E-state index contributed by atoms with van der Waals surface area (Å²) in [7, 11) is -3.71. The number of hydrogen-bond acceptors (Lipinski definition) is 4. The first-order chi connectivity index (χ1) is 9.83. The van der Waals surface area contributed by atoms with E-state index in [4.69, 9.17) is 0 Å². The van der Waals surface area contributed by atoms with E-state index in [1.807, 2.05) is 11.5 Å². The molecule has 2 rings (SSSR count). The Morgan fingerprint density at radius 2 is 2.00 bits per heavy atom. The first-order valence-corrected chi connectivity index (χ1v) is 8.81. The molecule has 0 aliphatic carbocycles. The predicted octanol–water partition coefficient (Wildman–Crippen LogP) is 2.87. The zero-order valence-corrected chi connectivity index (χ0v) is 14.5. The van der Waals surface area contributed by atoms with Gasteiger partial charge in [0.2, 0.25) is 0 Å². The van der Waals surface area contributed by atoms with Crippen molar-refractivity contribution in [1.29, 1.82) is 0 Å². The second kappa shape index (κ2) is 6.15. The first-order valence-electron chi connectivity index (χ1n) is 6.53. The largest absolute Gasteiger partial charge is 0.334 e. The normalized spacial score (nSPS) is 11.6. The van der Waals surface area contributed by atoms with Crippen LogP contribution < -0.4 is 4.72 Å². The molecule has 1 N–H and O–H groups in total. The summed E-state index contributed by atoms with van der Waals surface area (Å²) in [6.45, 7) is 6.31. The van der Waals surface area contributed by atoms with Gasteiger partial charge in [-0.3, -0.25) is 4.72 Å². The van der Waals surface area contributed by atoms with Gasteiger partial charge in [0.15, 0.2) is 5.03 Å². The molecule has 0 aliphatic heterocycles. The zero-order chi connectivity index (χ0) is 15.6. The molecule has 0 unspecified atom stereocenters. The van der Waals surface area contributed by atoms with Crippen molar-refractivity contribution in [3.8, 4) is 0 Å². The average molecular weight is 373 g/mol. The van der Waals surface area contributed by atoms with Gasteiger partial charge in [-0.05, 0) is 48.3 Å². The van der Waals surface area contributed by atoms with E-state index in [0.717, 1.165) is 13.0 Å². The lowest BCUT2D eigenvalue weighted by Gasteiger charge is -2.08. The highest BCUT2D eigenvalue weighted by Crippen LogP contribution is 2.20. The summed E-state index contributed by atoms with van der Waals surface area (Å²) in [4.78, 5) is 8.29. The summed E-state index contributed by atoms with van der Waals surface area (Å²) < 4.78 is 29.8. The Hall–Kier alpha value is -1.41. The molecular formula is C13H17BrN4O2S. The van der Waals surface area contributed by atoms with E-state index in [9.17, 15) is 8.42 Å². The van der Waals surface area contributed by atoms with Crippen LogP contribution in [0.15, 0.2) is 28.0 Å². The smallest absolute Gasteiger partial charge is 0.281 e. The fourth-order valence-electron chi connectivity index (χ4n) is 1.91. The van der Waals surface area contributed by atoms with Crippen molar-refractivity contribution in [2.45, 2.75) is 38.8 Å². The molecule has 2 heterocycles. The maximum atomic E-state index is 12.4. The minimum Gasteiger partial charge on any atom is -0.334 e. The zero-order valence-electron chi connectivity index (χ0n) is 12.1. The predicted molar refractivity (Wildman–Crippen MR) is 84.7 cm³/mol. The number of halogens is 1. The van der Waals surface area contributed by atoms with Gasteiger partial charge >= 0.3 is 0 Å². The highest BCUT2D eigenvalue weighted by Gasteiger charge is 2.20. The lowest BCUT2D eigenvalue weighted by Crippen LogP contribution is -2.14. The molecule has 21 heavy (non-hydrogen) atoms. The minimum atomic E-state index is -3.71. The van der Waals surface area contributed by atoms with Gasteiger partial charge in [-0.2, -0.15) is 8.42 Å². The van der Waals surface area contributed by atoms with Crippen molar-refractivity contribution in [3.05, 3.63) is 34.5 Å². The molecule has 0 saturated carbocycles. The third kappa shape index (κ3) is 3.62. The SMILES string of the molecule is CCCn1cc(S(=O)(=O)Nc2ccc(Br)nc2C)nc1C. The van der Waals surface area contributed by atoms with Gasteiger partial charge in [0.1, 0.15) is 10.4 Å². The third-order valence-corrected chi connectivity index (χ3v) is 4.67. The number of anilines is 1. The van der Waals surface area contributed by atoms with Crippen LogP contribution in [0.3, 0.4) is 0 Å². The summed E-state index contributed by atoms with van der Waals surface area (Å²) in [6, 6.07) is 3.35. The quantitative estimate of drug-likeness (QED) is 0.818. The van der Waals surface area contributed by atoms with Crippen LogP contribution >= 0.6 is 15.9 Å². The molecule has 6 nitrogen and oxygen atoms in total. The Balaban J connectivity index is 2.32. The number of pyridine rings is 1. The summed E-state index contributed by atoms with van der Waals surface area (Å²) in [5.74, 6) is 0.683. The Bertz CT molecular complexity index is 756. The van der Waals surface area contributed by atoms with Crippen LogP contribution in [-0.2, 0) is 16.6 Å². The van der Waals surface area contributed by atoms with E-state index < -0.39 is 10.0 Å².